The number of hydrogen-bond donors (Lipinski definition) is 0. The first-order chi connectivity index (χ1) is 9.68. The summed E-state index contributed by atoms with van der Waals surface area (Å²) >= 11 is 3.55. The first-order valence-electron chi connectivity index (χ1n) is 6.37. The molecule has 2 atom stereocenters. The summed E-state index contributed by atoms with van der Waals surface area (Å²) in [5, 5.41) is 0. The third kappa shape index (κ3) is 2.18. The van der Waals surface area contributed by atoms with Gasteiger partial charge in [0, 0.05) is 10.0 Å². The lowest BCUT2D eigenvalue weighted by atomic mass is 9.86. The van der Waals surface area contributed by atoms with Crippen LogP contribution in [0.5, 0.6) is 0 Å². The Bertz CT molecular complexity index is 664. The van der Waals surface area contributed by atoms with E-state index in [2.05, 4.69) is 22.5 Å². The van der Waals surface area contributed by atoms with Crippen LogP contribution in [-0.2, 0) is 9.53 Å². The zero-order valence-electron chi connectivity index (χ0n) is 10.8. The average molecular weight is 329 g/mol. The Labute approximate surface area is 126 Å². The highest BCUT2D eigenvalue weighted by molar-refractivity contribution is 9.10. The molecule has 100 valence electrons. The van der Waals surface area contributed by atoms with Gasteiger partial charge < -0.3 is 4.74 Å². The molecule has 0 aromatic heterocycles. The van der Waals surface area contributed by atoms with Crippen molar-refractivity contribution in [3.05, 3.63) is 82.3 Å². The molecule has 1 saturated heterocycles. The van der Waals surface area contributed by atoms with Gasteiger partial charge in [-0.2, -0.15) is 0 Å². The van der Waals surface area contributed by atoms with E-state index in [0.717, 1.165) is 15.6 Å². The van der Waals surface area contributed by atoms with Crippen LogP contribution in [-0.4, -0.2) is 5.97 Å². The number of halogens is 1. The van der Waals surface area contributed by atoms with Crippen LogP contribution in [0.25, 0.3) is 0 Å². The van der Waals surface area contributed by atoms with Crippen molar-refractivity contribution in [3.8, 4) is 0 Å². The van der Waals surface area contributed by atoms with Gasteiger partial charge in [-0.15, -0.1) is 0 Å². The molecule has 0 saturated carbocycles. The molecule has 0 spiro atoms. The van der Waals surface area contributed by atoms with Crippen molar-refractivity contribution in [1.82, 2.24) is 0 Å². The molecule has 2 aromatic rings. The second kappa shape index (κ2) is 5.25. The fourth-order valence-corrected chi connectivity index (χ4v) is 3.08. The maximum absolute atomic E-state index is 11.9. The zero-order valence-corrected chi connectivity index (χ0v) is 12.3. The van der Waals surface area contributed by atoms with Crippen LogP contribution in [0.15, 0.2) is 71.2 Å². The Morgan fingerprint density at radius 3 is 2.35 bits per heavy atom. The molecule has 0 radical (unpaired) electrons. The van der Waals surface area contributed by atoms with Gasteiger partial charge in [0.15, 0.2) is 0 Å². The molecule has 1 aliphatic rings. The lowest BCUT2D eigenvalue weighted by Crippen LogP contribution is -2.07. The van der Waals surface area contributed by atoms with Crippen LogP contribution in [0.2, 0.25) is 0 Å². The Kier molecular flexibility index (Phi) is 3.45. The van der Waals surface area contributed by atoms with E-state index in [-0.39, 0.29) is 18.0 Å². The fourth-order valence-electron chi connectivity index (χ4n) is 2.55. The highest BCUT2D eigenvalue weighted by Gasteiger charge is 2.41. The second-order valence-electron chi connectivity index (χ2n) is 4.76. The van der Waals surface area contributed by atoms with Gasteiger partial charge in [-0.05, 0) is 17.2 Å². The Morgan fingerprint density at radius 2 is 1.65 bits per heavy atom. The molecule has 1 aliphatic heterocycles. The average Bonchev–Trinajstić information content (AvgIpc) is 2.77. The number of carbonyl (C=O) groups excluding carboxylic acids is 1. The van der Waals surface area contributed by atoms with Crippen molar-refractivity contribution < 1.29 is 9.53 Å². The number of hydrogen-bond acceptors (Lipinski definition) is 2. The smallest absolute Gasteiger partial charge is 0.334 e. The number of rotatable bonds is 2. The molecular formula is C17H13BrO2. The maximum atomic E-state index is 11.9. The van der Waals surface area contributed by atoms with E-state index in [1.807, 2.05) is 54.6 Å². The van der Waals surface area contributed by atoms with E-state index in [1.165, 1.54) is 0 Å². The van der Waals surface area contributed by atoms with Gasteiger partial charge in [0.25, 0.3) is 0 Å². The minimum absolute atomic E-state index is 0.152. The predicted octanol–water partition coefficient (Wildman–Crippen LogP) is 4.39. The number of benzene rings is 2. The molecule has 0 unspecified atom stereocenters. The molecule has 3 heteroatoms. The molecule has 2 nitrogen and oxygen atoms in total. The van der Waals surface area contributed by atoms with Crippen molar-refractivity contribution in [2.45, 2.75) is 12.0 Å². The summed E-state index contributed by atoms with van der Waals surface area (Å²) in [6, 6.07) is 17.7. The minimum atomic E-state index is -0.320. The zero-order chi connectivity index (χ0) is 14.1. The number of carbonyl (C=O) groups is 1. The Balaban J connectivity index is 2.08. The summed E-state index contributed by atoms with van der Waals surface area (Å²) in [6.07, 6.45) is -0.310. The van der Waals surface area contributed by atoms with E-state index in [1.54, 1.807) is 0 Å². The van der Waals surface area contributed by atoms with E-state index in [9.17, 15) is 4.79 Å². The van der Waals surface area contributed by atoms with Crippen molar-refractivity contribution in [1.29, 1.82) is 0 Å². The van der Waals surface area contributed by atoms with E-state index in [4.69, 9.17) is 4.74 Å². The molecule has 0 N–H and O–H groups in total. The summed E-state index contributed by atoms with van der Waals surface area (Å²) in [5.41, 5.74) is 2.52. The largest absolute Gasteiger partial charge is 0.453 e. The van der Waals surface area contributed by atoms with Crippen molar-refractivity contribution in [2.24, 2.45) is 0 Å². The standard InChI is InChI=1S/C17H13BrO2/c1-11-15(13-9-5-6-10-14(13)18)16(20-17(11)19)12-7-3-2-4-8-12/h2-10,15-16H,1H2/t15-,16+/m0/s1. The highest BCUT2D eigenvalue weighted by atomic mass is 79.9. The first kappa shape index (κ1) is 13.1. The summed E-state index contributed by atoms with van der Waals surface area (Å²) in [7, 11) is 0. The molecule has 20 heavy (non-hydrogen) atoms. The van der Waals surface area contributed by atoms with Gasteiger partial charge in [-0.1, -0.05) is 71.0 Å². The summed E-state index contributed by atoms with van der Waals surface area (Å²) in [5.74, 6) is -0.472. The normalized spacial score (nSPS) is 21.9. The van der Waals surface area contributed by atoms with Gasteiger partial charge >= 0.3 is 5.97 Å². The second-order valence-corrected chi connectivity index (χ2v) is 5.62. The van der Waals surface area contributed by atoms with Crippen LogP contribution >= 0.6 is 15.9 Å². The van der Waals surface area contributed by atoms with Gasteiger partial charge in [0.2, 0.25) is 0 Å². The van der Waals surface area contributed by atoms with Crippen LogP contribution in [0.4, 0.5) is 0 Å². The van der Waals surface area contributed by atoms with E-state index < -0.39 is 0 Å². The monoisotopic (exact) mass is 328 g/mol. The highest BCUT2D eigenvalue weighted by Crippen LogP contribution is 2.46. The molecule has 0 aliphatic carbocycles. The van der Waals surface area contributed by atoms with Gasteiger partial charge in [-0.3, -0.25) is 0 Å². The third-order valence-corrected chi connectivity index (χ3v) is 4.26. The summed E-state index contributed by atoms with van der Waals surface area (Å²) in [6.45, 7) is 3.91. The van der Waals surface area contributed by atoms with Gasteiger partial charge in [-0.25, -0.2) is 4.79 Å². The third-order valence-electron chi connectivity index (χ3n) is 3.54. The fraction of sp³-hybridized carbons (Fsp3) is 0.118. The number of ether oxygens (including phenoxy) is 1. The van der Waals surface area contributed by atoms with Crippen LogP contribution in [0.3, 0.4) is 0 Å². The lowest BCUT2D eigenvalue weighted by Gasteiger charge is -2.19. The van der Waals surface area contributed by atoms with Gasteiger partial charge in [0.05, 0.1) is 5.92 Å². The van der Waals surface area contributed by atoms with E-state index in [0.29, 0.717) is 5.57 Å². The van der Waals surface area contributed by atoms with Crippen LogP contribution in [0, 0.1) is 0 Å². The molecule has 1 heterocycles. The molecule has 3 rings (SSSR count). The van der Waals surface area contributed by atoms with Crippen molar-refractivity contribution >= 4 is 21.9 Å². The summed E-state index contributed by atoms with van der Waals surface area (Å²) < 4.78 is 6.49. The molecule has 0 amide bonds. The molecule has 0 bridgehead atoms. The van der Waals surface area contributed by atoms with Crippen molar-refractivity contribution in [2.75, 3.05) is 0 Å². The van der Waals surface area contributed by atoms with Crippen LogP contribution in [0.1, 0.15) is 23.1 Å². The number of esters is 1. The lowest BCUT2D eigenvalue weighted by molar-refractivity contribution is -0.139. The van der Waals surface area contributed by atoms with E-state index >= 15 is 0 Å². The topological polar surface area (TPSA) is 26.3 Å². The Hall–Kier alpha value is -1.87. The Morgan fingerprint density at radius 1 is 1.00 bits per heavy atom. The predicted molar refractivity (Wildman–Crippen MR) is 81.3 cm³/mol. The quantitative estimate of drug-likeness (QED) is 0.603. The number of cyclic esters (lactones) is 1. The first-order valence-corrected chi connectivity index (χ1v) is 7.17. The van der Waals surface area contributed by atoms with Crippen molar-refractivity contribution in [3.63, 3.8) is 0 Å². The minimum Gasteiger partial charge on any atom is -0.453 e. The molecule has 2 aromatic carbocycles. The summed E-state index contributed by atoms with van der Waals surface area (Å²) in [4.78, 5) is 11.9. The maximum Gasteiger partial charge on any atom is 0.334 e. The van der Waals surface area contributed by atoms with Gasteiger partial charge in [0.1, 0.15) is 6.10 Å². The SMILES string of the molecule is C=C1C(=O)O[C@H](c2ccccc2)[C@@H]1c1ccccc1Br. The van der Waals surface area contributed by atoms with Crippen LogP contribution < -0.4 is 0 Å². The molecular weight excluding hydrogens is 316 g/mol. The molecule has 1 fully saturated rings.